The lowest BCUT2D eigenvalue weighted by atomic mass is 10.0. The molecule has 0 aliphatic rings. The first-order valence-electron chi connectivity index (χ1n) is 10.6. The van der Waals surface area contributed by atoms with E-state index in [0.29, 0.717) is 33.4 Å². The van der Waals surface area contributed by atoms with E-state index in [2.05, 4.69) is 18.9 Å². The molecule has 0 bridgehead atoms. The van der Waals surface area contributed by atoms with Crippen molar-refractivity contribution < 1.29 is 19.0 Å². The second-order valence-electron chi connectivity index (χ2n) is 8.04. The van der Waals surface area contributed by atoms with Crippen LogP contribution in [0.4, 0.5) is 4.39 Å². The number of aromatic nitrogens is 3. The fourth-order valence-electron chi connectivity index (χ4n) is 3.70. The Kier molecular flexibility index (Phi) is 6.77. The van der Waals surface area contributed by atoms with Gasteiger partial charge in [0.15, 0.2) is 5.69 Å². The molecule has 0 fully saturated rings. The molecule has 4 rings (SSSR count). The number of benzene rings is 2. The van der Waals surface area contributed by atoms with Crippen molar-refractivity contribution in [1.82, 2.24) is 14.8 Å². The molecule has 2 aromatic heterocycles. The van der Waals surface area contributed by atoms with Gasteiger partial charge in [0.25, 0.3) is 0 Å². The number of aromatic carboxylic acids is 1. The van der Waals surface area contributed by atoms with Crippen molar-refractivity contribution in [2.45, 2.75) is 37.2 Å². The summed E-state index contributed by atoms with van der Waals surface area (Å²) in [6, 6.07) is 11.8. The first kappa shape index (κ1) is 24.0. The predicted molar refractivity (Wildman–Crippen MR) is 134 cm³/mol. The van der Waals surface area contributed by atoms with Gasteiger partial charge < -0.3 is 9.84 Å². The number of carbonyl (C=O) groups is 1. The smallest absolute Gasteiger partial charge is 0.355 e. The number of ether oxygens (including phenoxy) is 1. The molecular formula is C25H24FN3O3S2. The molecule has 176 valence electrons. The number of carboxylic acids is 1. The number of carboxylic acid groups (broad SMARTS) is 1. The van der Waals surface area contributed by atoms with Gasteiger partial charge in [-0.05, 0) is 49.2 Å². The zero-order valence-corrected chi connectivity index (χ0v) is 21.1. The number of aryl methyl sites for hydroxylation is 2. The molecule has 0 radical (unpaired) electrons. The summed E-state index contributed by atoms with van der Waals surface area (Å²) >= 11 is 3.02. The molecule has 4 aromatic rings. The third-order valence-corrected chi connectivity index (χ3v) is 7.34. The van der Waals surface area contributed by atoms with Gasteiger partial charge in [-0.1, -0.05) is 43.4 Å². The van der Waals surface area contributed by atoms with Crippen LogP contribution >= 0.6 is 23.1 Å². The van der Waals surface area contributed by atoms with Gasteiger partial charge in [0, 0.05) is 16.4 Å². The molecule has 34 heavy (non-hydrogen) atoms. The molecule has 0 amide bonds. The molecule has 0 saturated heterocycles. The SMILES string of the molecule is COc1cc(C)ccc1-c1nc(-n2nc(C)c(-c3cccc(F)c3)c2C(=O)O)sc1SC(C)C. The van der Waals surface area contributed by atoms with E-state index in [1.165, 1.54) is 28.2 Å². The number of thioether (sulfide) groups is 1. The highest BCUT2D eigenvalue weighted by Crippen LogP contribution is 2.43. The lowest BCUT2D eigenvalue weighted by molar-refractivity contribution is 0.0688. The molecule has 1 N–H and O–H groups in total. The third-order valence-electron chi connectivity index (χ3n) is 5.10. The molecule has 2 heterocycles. The summed E-state index contributed by atoms with van der Waals surface area (Å²) in [5.74, 6) is -0.916. The Morgan fingerprint density at radius 1 is 1.21 bits per heavy atom. The van der Waals surface area contributed by atoms with E-state index >= 15 is 0 Å². The van der Waals surface area contributed by atoms with Crippen molar-refractivity contribution in [3.63, 3.8) is 0 Å². The summed E-state index contributed by atoms with van der Waals surface area (Å²) in [7, 11) is 1.62. The van der Waals surface area contributed by atoms with Crippen molar-refractivity contribution >= 4 is 29.1 Å². The Morgan fingerprint density at radius 2 is 1.97 bits per heavy atom. The van der Waals surface area contributed by atoms with Gasteiger partial charge in [-0.15, -0.1) is 11.8 Å². The third kappa shape index (κ3) is 4.58. The Bertz CT molecular complexity index is 1380. The maximum Gasteiger partial charge on any atom is 0.355 e. The number of halogens is 1. The fourth-order valence-corrected chi connectivity index (χ4v) is 6.16. The van der Waals surface area contributed by atoms with Crippen LogP contribution in [-0.2, 0) is 0 Å². The lowest BCUT2D eigenvalue weighted by Crippen LogP contribution is -2.09. The second kappa shape index (κ2) is 9.60. The van der Waals surface area contributed by atoms with Gasteiger partial charge in [-0.25, -0.2) is 14.2 Å². The minimum absolute atomic E-state index is 0.0552. The van der Waals surface area contributed by atoms with Crippen LogP contribution < -0.4 is 4.74 Å². The van der Waals surface area contributed by atoms with E-state index in [9.17, 15) is 14.3 Å². The van der Waals surface area contributed by atoms with Crippen molar-refractivity contribution in [3.05, 3.63) is 65.2 Å². The molecule has 0 atom stereocenters. The number of rotatable bonds is 7. The highest BCUT2D eigenvalue weighted by atomic mass is 32.2. The van der Waals surface area contributed by atoms with E-state index < -0.39 is 11.8 Å². The average molecular weight is 498 g/mol. The van der Waals surface area contributed by atoms with E-state index in [1.54, 1.807) is 37.9 Å². The predicted octanol–water partition coefficient (Wildman–Crippen LogP) is 6.63. The zero-order valence-electron chi connectivity index (χ0n) is 19.4. The summed E-state index contributed by atoms with van der Waals surface area (Å²) in [5, 5.41) is 15.3. The van der Waals surface area contributed by atoms with Crippen LogP contribution in [0.1, 0.15) is 35.6 Å². The Hall–Kier alpha value is -3.17. The number of thiazole rings is 1. The van der Waals surface area contributed by atoms with Gasteiger partial charge in [0.05, 0.1) is 17.0 Å². The van der Waals surface area contributed by atoms with Gasteiger partial charge in [0.1, 0.15) is 17.3 Å². The van der Waals surface area contributed by atoms with Crippen LogP contribution in [0.15, 0.2) is 46.7 Å². The maximum atomic E-state index is 13.9. The number of methoxy groups -OCH3 is 1. The molecule has 6 nitrogen and oxygen atoms in total. The highest BCUT2D eigenvalue weighted by Gasteiger charge is 2.27. The number of hydrogen-bond acceptors (Lipinski definition) is 6. The number of hydrogen-bond donors (Lipinski definition) is 1. The Balaban J connectivity index is 1.94. The van der Waals surface area contributed by atoms with Crippen molar-refractivity contribution in [2.24, 2.45) is 0 Å². The van der Waals surface area contributed by atoms with Gasteiger partial charge in [-0.2, -0.15) is 9.78 Å². The van der Waals surface area contributed by atoms with Crippen molar-refractivity contribution in [1.29, 1.82) is 0 Å². The molecule has 0 spiro atoms. The highest BCUT2D eigenvalue weighted by molar-refractivity contribution is 8.01. The van der Waals surface area contributed by atoms with Gasteiger partial charge in [-0.3, -0.25) is 0 Å². The largest absolute Gasteiger partial charge is 0.496 e. The van der Waals surface area contributed by atoms with Crippen LogP contribution in [0.5, 0.6) is 5.75 Å². The first-order chi connectivity index (χ1) is 16.2. The van der Waals surface area contributed by atoms with Crippen molar-refractivity contribution in [3.8, 4) is 33.3 Å². The standard InChI is InChI=1S/C25H24FN3O3S2/c1-13(2)33-24-21(18-10-9-14(3)11-19(18)32-5)27-25(34-24)29-22(23(30)31)20(15(4)28-29)16-7-6-8-17(26)12-16/h6-13H,1-5H3,(H,30,31). The minimum atomic E-state index is -1.16. The molecule has 0 unspecified atom stereocenters. The van der Waals surface area contributed by atoms with Crippen molar-refractivity contribution in [2.75, 3.05) is 7.11 Å². The summed E-state index contributed by atoms with van der Waals surface area (Å²) < 4.78 is 21.8. The summed E-state index contributed by atoms with van der Waals surface area (Å²) in [5.41, 5.74) is 3.85. The normalized spacial score (nSPS) is 11.3. The molecular weight excluding hydrogens is 473 g/mol. The topological polar surface area (TPSA) is 77.2 Å². The van der Waals surface area contributed by atoms with E-state index in [-0.39, 0.29) is 10.9 Å². The quantitative estimate of drug-likeness (QED) is 0.289. The average Bonchev–Trinajstić information content (AvgIpc) is 3.34. The van der Waals surface area contributed by atoms with Crippen LogP contribution in [0.2, 0.25) is 0 Å². The molecule has 0 saturated carbocycles. The molecule has 0 aliphatic carbocycles. The minimum Gasteiger partial charge on any atom is -0.496 e. The summed E-state index contributed by atoms with van der Waals surface area (Å²) in [6.45, 7) is 7.87. The maximum absolute atomic E-state index is 13.9. The van der Waals surface area contributed by atoms with Gasteiger partial charge in [0.2, 0.25) is 5.13 Å². The summed E-state index contributed by atoms with van der Waals surface area (Å²) in [6.07, 6.45) is 0. The Labute approximate surface area is 205 Å². The fraction of sp³-hybridized carbons (Fsp3) is 0.240. The lowest BCUT2D eigenvalue weighted by Gasteiger charge is -2.10. The monoisotopic (exact) mass is 497 g/mol. The van der Waals surface area contributed by atoms with Crippen LogP contribution in [0, 0.1) is 19.7 Å². The van der Waals surface area contributed by atoms with Crippen LogP contribution in [-0.4, -0.2) is 38.2 Å². The summed E-state index contributed by atoms with van der Waals surface area (Å²) in [4.78, 5) is 17.2. The number of nitrogens with zero attached hydrogens (tertiary/aromatic N) is 3. The molecule has 9 heteroatoms. The van der Waals surface area contributed by atoms with E-state index in [4.69, 9.17) is 9.72 Å². The van der Waals surface area contributed by atoms with Crippen LogP contribution in [0.3, 0.4) is 0 Å². The first-order valence-corrected chi connectivity index (χ1v) is 12.3. The van der Waals surface area contributed by atoms with Gasteiger partial charge >= 0.3 is 5.97 Å². The zero-order chi connectivity index (χ0) is 24.6. The molecule has 0 aliphatic heterocycles. The van der Waals surface area contributed by atoms with E-state index in [0.717, 1.165) is 15.3 Å². The Morgan fingerprint density at radius 3 is 2.62 bits per heavy atom. The van der Waals surface area contributed by atoms with Crippen LogP contribution in [0.25, 0.3) is 27.5 Å². The van der Waals surface area contributed by atoms with E-state index in [1.807, 2.05) is 25.1 Å². The molecule has 2 aromatic carbocycles. The second-order valence-corrected chi connectivity index (χ2v) is 10.9.